The molecule has 6 heteroatoms. The predicted molar refractivity (Wildman–Crippen MR) is 77.6 cm³/mol. The van der Waals surface area contributed by atoms with Gasteiger partial charge in [0.05, 0.1) is 12.1 Å². The Bertz CT molecular complexity index is 578. The first kappa shape index (κ1) is 15.0. The van der Waals surface area contributed by atoms with Crippen molar-refractivity contribution >= 4 is 11.8 Å². The van der Waals surface area contributed by atoms with E-state index < -0.39 is 0 Å². The summed E-state index contributed by atoms with van der Waals surface area (Å²) in [5, 5.41) is 2.87. The van der Waals surface area contributed by atoms with Crippen LogP contribution in [0.3, 0.4) is 0 Å². The molecule has 5 nitrogen and oxygen atoms in total. The molecule has 1 aromatic rings. The maximum atomic E-state index is 13.6. The third kappa shape index (κ3) is 3.27. The van der Waals surface area contributed by atoms with Crippen LogP contribution in [0.25, 0.3) is 0 Å². The van der Waals surface area contributed by atoms with E-state index >= 15 is 0 Å². The molecule has 0 bridgehead atoms. The number of hydrogen-bond acceptors (Lipinski definition) is 3. The largest absolute Gasteiger partial charge is 0.366 e. The Morgan fingerprint density at radius 3 is 3.05 bits per heavy atom. The third-order valence-electron chi connectivity index (χ3n) is 4.24. The molecular weight excluding hydrogens is 287 g/mol. The van der Waals surface area contributed by atoms with Crippen molar-refractivity contribution < 1.29 is 18.7 Å². The zero-order valence-electron chi connectivity index (χ0n) is 12.3. The topological polar surface area (TPSA) is 58.6 Å². The molecule has 2 atom stereocenters. The number of carbonyl (C=O) groups excluding carboxylic acids is 2. The van der Waals surface area contributed by atoms with Crippen LogP contribution in [0.4, 0.5) is 4.39 Å². The maximum absolute atomic E-state index is 13.6. The summed E-state index contributed by atoms with van der Waals surface area (Å²) in [5.41, 5.74) is 0.556. The molecule has 0 spiro atoms. The summed E-state index contributed by atoms with van der Waals surface area (Å²) in [5.74, 6) is -0.426. The van der Waals surface area contributed by atoms with Crippen molar-refractivity contribution in [3.05, 3.63) is 35.6 Å². The van der Waals surface area contributed by atoms with Gasteiger partial charge in [0.15, 0.2) is 0 Å². The number of fused-ring (bicyclic) bond motifs is 1. The number of ether oxygens (including phenoxy) is 1. The van der Waals surface area contributed by atoms with Gasteiger partial charge in [0.25, 0.3) is 0 Å². The summed E-state index contributed by atoms with van der Waals surface area (Å²) in [7, 11) is 0. The van der Waals surface area contributed by atoms with Crippen LogP contribution in [0.2, 0.25) is 0 Å². The monoisotopic (exact) mass is 306 g/mol. The number of morpholine rings is 1. The molecule has 22 heavy (non-hydrogen) atoms. The van der Waals surface area contributed by atoms with Crippen molar-refractivity contribution in [3.63, 3.8) is 0 Å². The number of aryl methyl sites for hydroxylation is 1. The zero-order chi connectivity index (χ0) is 15.5. The molecule has 0 radical (unpaired) electrons. The van der Waals surface area contributed by atoms with Crippen LogP contribution in [0.1, 0.15) is 18.4 Å². The second-order valence-corrected chi connectivity index (χ2v) is 5.74. The molecule has 118 valence electrons. The van der Waals surface area contributed by atoms with Gasteiger partial charge in [-0.2, -0.15) is 0 Å². The molecule has 2 aliphatic heterocycles. The first-order chi connectivity index (χ1) is 10.6. The minimum atomic E-state index is -0.276. The molecule has 2 fully saturated rings. The van der Waals surface area contributed by atoms with Gasteiger partial charge in [-0.15, -0.1) is 0 Å². The highest BCUT2D eigenvalue weighted by atomic mass is 19.1. The Kier molecular flexibility index (Phi) is 4.38. The zero-order valence-corrected chi connectivity index (χ0v) is 12.3. The number of likely N-dealkylation sites (tertiary alicyclic amines) is 1. The molecule has 2 saturated heterocycles. The van der Waals surface area contributed by atoms with Gasteiger partial charge in [-0.3, -0.25) is 9.59 Å². The van der Waals surface area contributed by atoms with Crippen molar-refractivity contribution in [3.8, 4) is 0 Å². The van der Waals surface area contributed by atoms with Crippen molar-refractivity contribution in [2.75, 3.05) is 19.7 Å². The lowest BCUT2D eigenvalue weighted by atomic mass is 9.99. The van der Waals surface area contributed by atoms with Crippen LogP contribution >= 0.6 is 0 Å². The lowest BCUT2D eigenvalue weighted by Crippen LogP contribution is -2.61. The SMILES string of the molecule is O=C1CO[C@H]2CCN(C(=O)CCc3ccccc3F)C[C@@H]2N1. The van der Waals surface area contributed by atoms with Crippen LogP contribution in [0, 0.1) is 5.82 Å². The first-order valence-electron chi connectivity index (χ1n) is 7.55. The number of halogens is 1. The normalized spacial score (nSPS) is 24.6. The maximum Gasteiger partial charge on any atom is 0.246 e. The standard InChI is InChI=1S/C16H19FN2O3/c17-12-4-2-1-3-11(12)5-6-16(21)19-8-7-14-13(9-19)18-15(20)10-22-14/h1-4,13-14H,5-10H2,(H,18,20)/t13-,14-/m0/s1. The summed E-state index contributed by atoms with van der Waals surface area (Å²) in [6, 6.07) is 6.37. The van der Waals surface area contributed by atoms with E-state index in [1.54, 1.807) is 23.1 Å². The van der Waals surface area contributed by atoms with E-state index in [2.05, 4.69) is 5.32 Å². The summed E-state index contributed by atoms with van der Waals surface area (Å²) in [4.78, 5) is 25.4. The molecular formula is C16H19FN2O3. The highest BCUT2D eigenvalue weighted by Crippen LogP contribution is 2.19. The van der Waals surface area contributed by atoms with E-state index in [1.807, 2.05) is 0 Å². The van der Waals surface area contributed by atoms with Gasteiger partial charge in [-0.25, -0.2) is 4.39 Å². The third-order valence-corrected chi connectivity index (χ3v) is 4.24. The number of benzene rings is 1. The molecule has 2 heterocycles. The Hall–Kier alpha value is -1.95. The summed E-state index contributed by atoms with van der Waals surface area (Å²) < 4.78 is 19.0. The minimum absolute atomic E-state index is 0.00619. The first-order valence-corrected chi connectivity index (χ1v) is 7.55. The van der Waals surface area contributed by atoms with Gasteiger partial charge in [0, 0.05) is 19.5 Å². The summed E-state index contributed by atoms with van der Waals surface area (Å²) in [6.07, 6.45) is 1.37. The average Bonchev–Trinajstić information content (AvgIpc) is 2.53. The van der Waals surface area contributed by atoms with Gasteiger partial charge < -0.3 is 15.0 Å². The van der Waals surface area contributed by atoms with Crippen molar-refractivity contribution in [2.24, 2.45) is 0 Å². The van der Waals surface area contributed by atoms with Crippen molar-refractivity contribution in [2.45, 2.75) is 31.4 Å². The van der Waals surface area contributed by atoms with Gasteiger partial charge in [-0.1, -0.05) is 18.2 Å². The smallest absolute Gasteiger partial charge is 0.246 e. The van der Waals surface area contributed by atoms with E-state index in [0.717, 1.165) is 6.42 Å². The molecule has 0 saturated carbocycles. The second-order valence-electron chi connectivity index (χ2n) is 5.74. The van der Waals surface area contributed by atoms with E-state index in [-0.39, 0.29) is 42.8 Å². The minimum Gasteiger partial charge on any atom is -0.366 e. The van der Waals surface area contributed by atoms with Crippen LogP contribution in [-0.4, -0.2) is 48.6 Å². The second kappa shape index (κ2) is 6.44. The van der Waals surface area contributed by atoms with Crippen molar-refractivity contribution in [1.29, 1.82) is 0 Å². The van der Waals surface area contributed by atoms with Gasteiger partial charge in [0.1, 0.15) is 12.4 Å². The molecule has 1 N–H and O–H groups in total. The fourth-order valence-electron chi connectivity index (χ4n) is 3.03. The highest BCUT2D eigenvalue weighted by molar-refractivity contribution is 5.79. The number of carbonyl (C=O) groups is 2. The van der Waals surface area contributed by atoms with Gasteiger partial charge >= 0.3 is 0 Å². The Labute approximate surface area is 128 Å². The number of nitrogens with one attached hydrogen (secondary N) is 1. The number of amides is 2. The van der Waals surface area contributed by atoms with E-state index in [0.29, 0.717) is 25.1 Å². The molecule has 0 aromatic heterocycles. The molecule has 1 aromatic carbocycles. The molecule has 2 amide bonds. The predicted octanol–water partition coefficient (Wildman–Crippen LogP) is 0.874. The average molecular weight is 306 g/mol. The number of hydrogen-bond donors (Lipinski definition) is 1. The van der Waals surface area contributed by atoms with Gasteiger partial charge in [-0.05, 0) is 24.5 Å². The number of piperidine rings is 1. The van der Waals surface area contributed by atoms with Crippen LogP contribution in [0.15, 0.2) is 24.3 Å². The van der Waals surface area contributed by atoms with Crippen molar-refractivity contribution in [1.82, 2.24) is 10.2 Å². The fraction of sp³-hybridized carbons (Fsp3) is 0.500. The van der Waals surface area contributed by atoms with E-state index in [4.69, 9.17) is 4.74 Å². The molecule has 3 rings (SSSR count). The molecule has 2 aliphatic rings. The number of rotatable bonds is 3. The quantitative estimate of drug-likeness (QED) is 0.901. The Balaban J connectivity index is 1.54. The van der Waals surface area contributed by atoms with E-state index in [9.17, 15) is 14.0 Å². The Morgan fingerprint density at radius 2 is 2.23 bits per heavy atom. The van der Waals surface area contributed by atoms with Crippen LogP contribution < -0.4 is 5.32 Å². The lowest BCUT2D eigenvalue weighted by Gasteiger charge is -2.41. The van der Waals surface area contributed by atoms with E-state index in [1.165, 1.54) is 6.07 Å². The lowest BCUT2D eigenvalue weighted by molar-refractivity contribution is -0.146. The highest BCUT2D eigenvalue weighted by Gasteiger charge is 2.36. The molecule has 0 unspecified atom stereocenters. The molecule has 0 aliphatic carbocycles. The van der Waals surface area contributed by atoms with Crippen LogP contribution in [0.5, 0.6) is 0 Å². The van der Waals surface area contributed by atoms with Crippen LogP contribution in [-0.2, 0) is 20.7 Å². The Morgan fingerprint density at radius 1 is 1.41 bits per heavy atom. The summed E-state index contributed by atoms with van der Waals surface area (Å²) >= 11 is 0. The fourth-order valence-corrected chi connectivity index (χ4v) is 3.03. The van der Waals surface area contributed by atoms with Gasteiger partial charge in [0.2, 0.25) is 11.8 Å². The number of nitrogens with zero attached hydrogens (tertiary/aromatic N) is 1. The summed E-state index contributed by atoms with van der Waals surface area (Å²) in [6.45, 7) is 1.18.